The zero-order valence-electron chi connectivity index (χ0n) is 8.73. The lowest BCUT2D eigenvalue weighted by molar-refractivity contribution is 0.140. The third-order valence-corrected chi connectivity index (χ3v) is 3.97. The van der Waals surface area contributed by atoms with Crippen LogP contribution in [-0.4, -0.2) is 20.1 Å². The van der Waals surface area contributed by atoms with Crippen molar-refractivity contribution in [2.45, 2.75) is 38.2 Å². The molecule has 0 unspecified atom stereocenters. The van der Waals surface area contributed by atoms with Gasteiger partial charge in [-0.25, -0.2) is 4.98 Å². The smallest absolute Gasteiger partial charge is 0.194 e. The van der Waals surface area contributed by atoms with E-state index in [0.29, 0.717) is 0 Å². The number of thiazole rings is 1. The summed E-state index contributed by atoms with van der Waals surface area (Å²) in [4.78, 5) is 5.55. The molecule has 4 heteroatoms. The first-order chi connectivity index (χ1) is 7.18. The number of aryl methyl sites for hydroxylation is 2. The van der Waals surface area contributed by atoms with E-state index in [1.54, 1.807) is 11.3 Å². The van der Waals surface area contributed by atoms with Gasteiger partial charge in [0, 0.05) is 17.3 Å². The van der Waals surface area contributed by atoms with Crippen molar-refractivity contribution in [3.8, 4) is 0 Å². The summed E-state index contributed by atoms with van der Waals surface area (Å²) >= 11 is 1.66. The predicted molar refractivity (Wildman–Crippen MR) is 60.3 cm³/mol. The average Bonchev–Trinajstić information content (AvgIpc) is 2.65. The Kier molecular flexibility index (Phi) is 1.91. The van der Waals surface area contributed by atoms with Crippen LogP contribution >= 0.6 is 11.3 Å². The van der Waals surface area contributed by atoms with Crippen LogP contribution in [0.3, 0.4) is 0 Å². The van der Waals surface area contributed by atoms with Gasteiger partial charge in [-0.05, 0) is 32.6 Å². The molecule has 3 nitrogen and oxygen atoms in total. The summed E-state index contributed by atoms with van der Waals surface area (Å²) in [5.41, 5.74) is 2.00. The number of hydrogen-bond acceptors (Lipinski definition) is 3. The van der Waals surface area contributed by atoms with Gasteiger partial charge in [0.25, 0.3) is 0 Å². The number of aliphatic hydroxyl groups is 1. The highest BCUT2D eigenvalue weighted by Gasteiger charge is 2.39. The lowest BCUT2D eigenvalue weighted by Gasteiger charge is -2.06. The Morgan fingerprint density at radius 1 is 1.60 bits per heavy atom. The first-order valence-electron chi connectivity index (χ1n) is 5.31. The van der Waals surface area contributed by atoms with Gasteiger partial charge in [-0.2, -0.15) is 0 Å². The van der Waals surface area contributed by atoms with Crippen LogP contribution in [0.2, 0.25) is 0 Å². The van der Waals surface area contributed by atoms with E-state index in [9.17, 15) is 5.11 Å². The zero-order chi connectivity index (χ0) is 10.5. The van der Waals surface area contributed by atoms with Crippen LogP contribution in [0.25, 0.3) is 4.96 Å². The van der Waals surface area contributed by atoms with E-state index in [0.717, 1.165) is 36.3 Å². The Balaban J connectivity index is 1.88. The molecule has 0 amide bonds. The molecule has 1 saturated carbocycles. The van der Waals surface area contributed by atoms with E-state index < -0.39 is 0 Å². The molecule has 80 valence electrons. The van der Waals surface area contributed by atoms with Crippen LogP contribution in [0, 0.1) is 6.92 Å². The molecule has 0 saturated heterocycles. The number of nitrogens with zero attached hydrogens (tertiary/aromatic N) is 2. The van der Waals surface area contributed by atoms with Crippen molar-refractivity contribution < 1.29 is 5.11 Å². The van der Waals surface area contributed by atoms with Gasteiger partial charge in [-0.3, -0.25) is 4.40 Å². The molecule has 15 heavy (non-hydrogen) atoms. The summed E-state index contributed by atoms with van der Waals surface area (Å²) < 4.78 is 2.14. The lowest BCUT2D eigenvalue weighted by atomic mass is 10.1. The third kappa shape index (κ3) is 1.58. The average molecular weight is 222 g/mol. The molecule has 3 rings (SSSR count). The van der Waals surface area contributed by atoms with Gasteiger partial charge in [0.05, 0.1) is 11.3 Å². The second-order valence-electron chi connectivity index (χ2n) is 4.42. The van der Waals surface area contributed by atoms with Gasteiger partial charge in [-0.1, -0.05) is 0 Å². The highest BCUT2D eigenvalue weighted by Crippen LogP contribution is 2.39. The van der Waals surface area contributed by atoms with Crippen LogP contribution < -0.4 is 0 Å². The molecule has 2 aromatic heterocycles. The molecule has 1 N–H and O–H groups in total. The Morgan fingerprint density at radius 3 is 3.13 bits per heavy atom. The van der Waals surface area contributed by atoms with Crippen LogP contribution in [-0.2, 0) is 6.42 Å². The normalized spacial score (nSPS) is 18.5. The van der Waals surface area contributed by atoms with Crippen LogP contribution in [0.4, 0.5) is 0 Å². The number of rotatable bonds is 3. The van der Waals surface area contributed by atoms with E-state index >= 15 is 0 Å². The third-order valence-electron chi connectivity index (χ3n) is 3.22. The Hall–Kier alpha value is -0.870. The summed E-state index contributed by atoms with van der Waals surface area (Å²) in [5.74, 6) is 0. The Labute approximate surface area is 92.4 Å². The monoisotopic (exact) mass is 222 g/mol. The molecule has 0 spiro atoms. The maximum absolute atomic E-state index is 9.81. The Morgan fingerprint density at radius 2 is 2.40 bits per heavy atom. The molecule has 1 aliphatic rings. The summed E-state index contributed by atoms with van der Waals surface area (Å²) in [5, 5.41) is 11.9. The zero-order valence-corrected chi connectivity index (χ0v) is 9.55. The fourth-order valence-electron chi connectivity index (χ4n) is 1.99. The van der Waals surface area contributed by atoms with Gasteiger partial charge in [-0.15, -0.1) is 11.3 Å². The van der Waals surface area contributed by atoms with E-state index in [1.807, 2.05) is 6.92 Å². The van der Waals surface area contributed by atoms with Crippen LogP contribution in [0.5, 0.6) is 0 Å². The minimum absolute atomic E-state index is 0.355. The fraction of sp³-hybridized carbons (Fsp3) is 0.545. The number of imidazole rings is 1. The fourth-order valence-corrected chi connectivity index (χ4v) is 2.77. The lowest BCUT2D eigenvalue weighted by Crippen LogP contribution is -2.09. The van der Waals surface area contributed by atoms with Crippen molar-refractivity contribution >= 4 is 16.3 Å². The molecule has 0 radical (unpaired) electrons. The van der Waals surface area contributed by atoms with Crippen molar-refractivity contribution in [1.82, 2.24) is 9.38 Å². The maximum atomic E-state index is 9.81. The van der Waals surface area contributed by atoms with Crippen LogP contribution in [0.1, 0.15) is 30.7 Å². The van der Waals surface area contributed by atoms with Crippen molar-refractivity contribution in [3.05, 3.63) is 23.0 Å². The van der Waals surface area contributed by atoms with Gasteiger partial charge in [0.15, 0.2) is 4.96 Å². The SMILES string of the molecule is Cc1nc2sccn2c1CCC1(O)CC1. The first-order valence-corrected chi connectivity index (χ1v) is 6.19. The quantitative estimate of drug-likeness (QED) is 0.864. The van der Waals surface area contributed by atoms with E-state index in [2.05, 4.69) is 21.0 Å². The molecule has 0 aromatic carbocycles. The molecule has 0 bridgehead atoms. The molecular weight excluding hydrogens is 208 g/mol. The molecule has 2 aromatic rings. The van der Waals surface area contributed by atoms with Crippen molar-refractivity contribution in [2.24, 2.45) is 0 Å². The van der Waals surface area contributed by atoms with Crippen molar-refractivity contribution in [2.75, 3.05) is 0 Å². The molecule has 0 atom stereocenters. The minimum Gasteiger partial charge on any atom is -0.390 e. The van der Waals surface area contributed by atoms with Gasteiger partial charge in [0.2, 0.25) is 0 Å². The first kappa shape index (κ1) is 9.36. The van der Waals surface area contributed by atoms with E-state index in [-0.39, 0.29) is 5.60 Å². The van der Waals surface area contributed by atoms with Crippen LogP contribution in [0.15, 0.2) is 11.6 Å². The number of fused-ring (bicyclic) bond motifs is 1. The highest BCUT2D eigenvalue weighted by molar-refractivity contribution is 7.15. The van der Waals surface area contributed by atoms with Crippen molar-refractivity contribution in [3.63, 3.8) is 0 Å². The van der Waals surface area contributed by atoms with Gasteiger partial charge in [0.1, 0.15) is 0 Å². The standard InChI is InChI=1S/C11H14N2OS/c1-8-9(2-3-11(14)4-5-11)13-6-7-15-10(13)12-8/h6-7,14H,2-5H2,1H3. The summed E-state index contributed by atoms with van der Waals surface area (Å²) in [7, 11) is 0. The molecule has 2 heterocycles. The largest absolute Gasteiger partial charge is 0.390 e. The summed E-state index contributed by atoms with van der Waals surface area (Å²) in [6.45, 7) is 2.05. The predicted octanol–water partition coefficient (Wildman–Crippen LogP) is 2.16. The summed E-state index contributed by atoms with van der Waals surface area (Å²) in [6.07, 6.45) is 5.80. The van der Waals surface area contributed by atoms with Gasteiger partial charge >= 0.3 is 0 Å². The highest BCUT2D eigenvalue weighted by atomic mass is 32.1. The maximum Gasteiger partial charge on any atom is 0.194 e. The van der Waals surface area contributed by atoms with Gasteiger partial charge < -0.3 is 5.11 Å². The number of hydrogen-bond donors (Lipinski definition) is 1. The van der Waals surface area contributed by atoms with Crippen molar-refractivity contribution in [1.29, 1.82) is 0 Å². The Bertz CT molecular complexity index is 496. The summed E-state index contributed by atoms with van der Waals surface area (Å²) in [6, 6.07) is 0. The second kappa shape index (κ2) is 3.06. The topological polar surface area (TPSA) is 37.5 Å². The van der Waals surface area contributed by atoms with E-state index in [4.69, 9.17) is 0 Å². The molecular formula is C11H14N2OS. The number of aromatic nitrogens is 2. The molecule has 0 aliphatic heterocycles. The minimum atomic E-state index is -0.355. The van der Waals surface area contributed by atoms with E-state index in [1.165, 1.54) is 5.69 Å². The molecule has 1 fully saturated rings. The molecule has 1 aliphatic carbocycles. The second-order valence-corrected chi connectivity index (χ2v) is 5.30.